The summed E-state index contributed by atoms with van der Waals surface area (Å²) < 4.78 is 2.82. The summed E-state index contributed by atoms with van der Waals surface area (Å²) in [5.41, 5.74) is 2.44. The van der Waals surface area contributed by atoms with Crippen molar-refractivity contribution in [2.75, 3.05) is 11.4 Å². The van der Waals surface area contributed by atoms with E-state index < -0.39 is 0 Å². The van der Waals surface area contributed by atoms with Gasteiger partial charge < -0.3 is 14.6 Å². The van der Waals surface area contributed by atoms with Crippen LogP contribution in [-0.2, 0) is 16.1 Å². The van der Waals surface area contributed by atoms with Crippen LogP contribution in [0.15, 0.2) is 59.3 Å². The van der Waals surface area contributed by atoms with E-state index in [-0.39, 0.29) is 24.2 Å². The van der Waals surface area contributed by atoms with Gasteiger partial charge in [0.1, 0.15) is 5.65 Å². The van der Waals surface area contributed by atoms with E-state index in [0.29, 0.717) is 13.1 Å². The molecule has 0 aliphatic carbocycles. The van der Waals surface area contributed by atoms with Crippen LogP contribution in [0.25, 0.3) is 5.65 Å². The van der Waals surface area contributed by atoms with Crippen LogP contribution in [0.2, 0.25) is 0 Å². The second-order valence-corrected chi connectivity index (χ2v) is 7.22. The SMILES string of the molecule is O=C(NCc1cn2ccccc2n1)C1CC(=O)N(c2cccc(Br)c2)C1. The van der Waals surface area contributed by atoms with Gasteiger partial charge in [-0.2, -0.15) is 0 Å². The molecule has 1 aliphatic rings. The number of carbonyl (C=O) groups excluding carboxylic acids is 2. The molecule has 0 spiro atoms. The second-order valence-electron chi connectivity index (χ2n) is 6.30. The maximum atomic E-state index is 12.5. The van der Waals surface area contributed by atoms with Gasteiger partial charge in [0.05, 0.1) is 18.2 Å². The molecule has 6 nitrogen and oxygen atoms in total. The summed E-state index contributed by atoms with van der Waals surface area (Å²) >= 11 is 3.41. The van der Waals surface area contributed by atoms with Crippen LogP contribution in [0.5, 0.6) is 0 Å². The van der Waals surface area contributed by atoms with Crippen LogP contribution in [0, 0.1) is 5.92 Å². The number of halogens is 1. The fraction of sp³-hybridized carbons (Fsp3) is 0.211. The molecular formula is C19H17BrN4O2. The lowest BCUT2D eigenvalue weighted by molar-refractivity contribution is -0.126. The molecule has 7 heteroatoms. The zero-order valence-electron chi connectivity index (χ0n) is 13.9. The first-order chi connectivity index (χ1) is 12.6. The number of hydrogen-bond donors (Lipinski definition) is 1. The monoisotopic (exact) mass is 412 g/mol. The zero-order valence-corrected chi connectivity index (χ0v) is 15.5. The normalized spacial score (nSPS) is 17.0. The van der Waals surface area contributed by atoms with Crippen molar-refractivity contribution in [1.82, 2.24) is 14.7 Å². The van der Waals surface area contributed by atoms with E-state index >= 15 is 0 Å². The number of anilines is 1. The number of amides is 2. The number of benzene rings is 1. The number of hydrogen-bond acceptors (Lipinski definition) is 3. The van der Waals surface area contributed by atoms with E-state index in [0.717, 1.165) is 21.5 Å². The van der Waals surface area contributed by atoms with Gasteiger partial charge in [-0.15, -0.1) is 0 Å². The number of nitrogens with zero attached hydrogens (tertiary/aromatic N) is 3. The Balaban J connectivity index is 1.40. The first kappa shape index (κ1) is 16.8. The summed E-state index contributed by atoms with van der Waals surface area (Å²) in [6.45, 7) is 0.744. The Morgan fingerprint density at radius 3 is 2.96 bits per heavy atom. The van der Waals surface area contributed by atoms with Gasteiger partial charge in [-0.25, -0.2) is 4.98 Å². The molecule has 4 rings (SSSR count). The lowest BCUT2D eigenvalue weighted by Gasteiger charge is -2.17. The Hall–Kier alpha value is -2.67. The molecule has 2 amide bonds. The first-order valence-electron chi connectivity index (χ1n) is 8.36. The molecule has 26 heavy (non-hydrogen) atoms. The molecular weight excluding hydrogens is 396 g/mol. The molecule has 3 aromatic rings. The quantitative estimate of drug-likeness (QED) is 0.716. The Bertz CT molecular complexity index is 951. The lowest BCUT2D eigenvalue weighted by atomic mass is 10.1. The molecule has 2 aromatic heterocycles. The van der Waals surface area contributed by atoms with Gasteiger partial charge in [0.2, 0.25) is 11.8 Å². The predicted octanol–water partition coefficient (Wildman–Crippen LogP) is 2.77. The minimum atomic E-state index is -0.349. The summed E-state index contributed by atoms with van der Waals surface area (Å²) in [6, 6.07) is 13.3. The Morgan fingerprint density at radius 2 is 2.15 bits per heavy atom. The Morgan fingerprint density at radius 1 is 1.27 bits per heavy atom. The molecule has 1 unspecified atom stereocenters. The average molecular weight is 413 g/mol. The van der Waals surface area contributed by atoms with Gasteiger partial charge in [-0.05, 0) is 30.3 Å². The number of fused-ring (bicyclic) bond motifs is 1. The van der Waals surface area contributed by atoms with Crippen LogP contribution < -0.4 is 10.2 Å². The molecule has 1 aliphatic heterocycles. The van der Waals surface area contributed by atoms with E-state index in [1.54, 1.807) is 4.90 Å². The fourth-order valence-corrected chi connectivity index (χ4v) is 3.56. The standard InChI is InChI=1S/C19H17BrN4O2/c20-14-4-3-5-16(9-14)24-11-13(8-18(24)25)19(26)21-10-15-12-23-7-2-1-6-17(23)22-15/h1-7,9,12-13H,8,10-11H2,(H,21,26). The van der Waals surface area contributed by atoms with E-state index in [1.165, 1.54) is 0 Å². The minimum Gasteiger partial charge on any atom is -0.350 e. The van der Waals surface area contributed by atoms with Gasteiger partial charge in [-0.1, -0.05) is 28.1 Å². The number of pyridine rings is 1. The lowest BCUT2D eigenvalue weighted by Crippen LogP contribution is -2.32. The van der Waals surface area contributed by atoms with Crippen molar-refractivity contribution in [3.05, 3.63) is 65.0 Å². The fourth-order valence-electron chi connectivity index (χ4n) is 3.17. The molecule has 0 saturated carbocycles. The molecule has 1 saturated heterocycles. The van der Waals surface area contributed by atoms with Crippen molar-refractivity contribution in [1.29, 1.82) is 0 Å². The minimum absolute atomic E-state index is 0.0315. The van der Waals surface area contributed by atoms with E-state index in [1.807, 2.05) is 59.3 Å². The largest absolute Gasteiger partial charge is 0.350 e. The third kappa shape index (κ3) is 3.35. The highest BCUT2D eigenvalue weighted by molar-refractivity contribution is 9.10. The first-order valence-corrected chi connectivity index (χ1v) is 9.16. The number of aromatic nitrogens is 2. The van der Waals surface area contributed by atoms with E-state index in [9.17, 15) is 9.59 Å². The van der Waals surface area contributed by atoms with Crippen molar-refractivity contribution in [3.63, 3.8) is 0 Å². The highest BCUT2D eigenvalue weighted by Gasteiger charge is 2.35. The smallest absolute Gasteiger partial charge is 0.227 e. The number of rotatable bonds is 4. The van der Waals surface area contributed by atoms with Gasteiger partial charge >= 0.3 is 0 Å². The molecule has 1 atom stereocenters. The summed E-state index contributed by atoms with van der Waals surface area (Å²) in [7, 11) is 0. The summed E-state index contributed by atoms with van der Waals surface area (Å²) in [5.74, 6) is -0.498. The Kier molecular flexibility index (Phi) is 4.46. The van der Waals surface area contributed by atoms with Gasteiger partial charge in [0.15, 0.2) is 0 Å². The second kappa shape index (κ2) is 6.92. The van der Waals surface area contributed by atoms with Crippen molar-refractivity contribution in [3.8, 4) is 0 Å². The van der Waals surface area contributed by atoms with Gasteiger partial charge in [0, 0.05) is 35.5 Å². The maximum absolute atomic E-state index is 12.5. The molecule has 0 radical (unpaired) electrons. The maximum Gasteiger partial charge on any atom is 0.227 e. The van der Waals surface area contributed by atoms with Gasteiger partial charge in [0.25, 0.3) is 0 Å². The molecule has 1 fully saturated rings. The zero-order chi connectivity index (χ0) is 18.1. The molecule has 0 bridgehead atoms. The Labute approximate surface area is 159 Å². The topological polar surface area (TPSA) is 66.7 Å². The number of nitrogens with one attached hydrogen (secondary N) is 1. The average Bonchev–Trinajstić information content (AvgIpc) is 3.22. The third-order valence-electron chi connectivity index (χ3n) is 4.47. The molecule has 3 heterocycles. The van der Waals surface area contributed by atoms with Crippen molar-refractivity contribution in [2.45, 2.75) is 13.0 Å². The van der Waals surface area contributed by atoms with E-state index in [4.69, 9.17) is 0 Å². The number of carbonyl (C=O) groups is 2. The van der Waals surface area contributed by atoms with Crippen LogP contribution in [0.1, 0.15) is 12.1 Å². The molecule has 132 valence electrons. The summed E-state index contributed by atoms with van der Waals surface area (Å²) in [5, 5.41) is 2.90. The number of imidazole rings is 1. The van der Waals surface area contributed by atoms with Crippen molar-refractivity contribution < 1.29 is 9.59 Å². The van der Waals surface area contributed by atoms with Crippen LogP contribution in [0.3, 0.4) is 0 Å². The summed E-state index contributed by atoms with van der Waals surface area (Å²) in [6.07, 6.45) is 4.03. The van der Waals surface area contributed by atoms with E-state index in [2.05, 4.69) is 26.2 Å². The molecule has 1 aromatic carbocycles. The highest BCUT2D eigenvalue weighted by Crippen LogP contribution is 2.27. The molecule has 1 N–H and O–H groups in total. The third-order valence-corrected chi connectivity index (χ3v) is 4.97. The van der Waals surface area contributed by atoms with Crippen LogP contribution >= 0.6 is 15.9 Å². The van der Waals surface area contributed by atoms with Crippen LogP contribution in [-0.4, -0.2) is 27.7 Å². The summed E-state index contributed by atoms with van der Waals surface area (Å²) in [4.78, 5) is 30.9. The van der Waals surface area contributed by atoms with Crippen molar-refractivity contribution in [2.24, 2.45) is 5.92 Å². The van der Waals surface area contributed by atoms with Crippen LogP contribution in [0.4, 0.5) is 5.69 Å². The van der Waals surface area contributed by atoms with Crippen molar-refractivity contribution >= 4 is 39.1 Å². The van der Waals surface area contributed by atoms with Gasteiger partial charge in [-0.3, -0.25) is 9.59 Å². The highest BCUT2D eigenvalue weighted by atomic mass is 79.9. The predicted molar refractivity (Wildman–Crippen MR) is 102 cm³/mol.